The Bertz CT molecular complexity index is 764. The highest BCUT2D eigenvalue weighted by Gasteiger charge is 2.23. The molecule has 0 saturated heterocycles. The Morgan fingerprint density at radius 2 is 1.69 bits per heavy atom. The molecular weight excluding hydrogens is 494 g/mol. The lowest BCUT2D eigenvalue weighted by atomic mass is 10.1. The van der Waals surface area contributed by atoms with Gasteiger partial charge in [-0.15, -0.1) is 11.6 Å². The molecule has 1 aromatic rings. The monoisotopic (exact) mass is 529 g/mol. The van der Waals surface area contributed by atoms with Crippen LogP contribution in [0.15, 0.2) is 18.2 Å². The van der Waals surface area contributed by atoms with Crippen LogP contribution in [0.4, 0.5) is 5.69 Å². The van der Waals surface area contributed by atoms with E-state index in [9.17, 15) is 8.42 Å². The van der Waals surface area contributed by atoms with Crippen LogP contribution in [-0.2, 0) is 36.6 Å². The maximum absolute atomic E-state index is 11.2. The molecule has 0 aliphatic heterocycles. The van der Waals surface area contributed by atoms with E-state index in [4.69, 9.17) is 30.4 Å². The third kappa shape index (κ3) is 13.5. The number of methoxy groups -OCH3 is 1. The summed E-state index contributed by atoms with van der Waals surface area (Å²) in [6.45, 7) is 8.47. The van der Waals surface area contributed by atoms with E-state index in [2.05, 4.69) is 25.0 Å². The van der Waals surface area contributed by atoms with Gasteiger partial charge >= 0.3 is 0 Å². The van der Waals surface area contributed by atoms with Crippen LogP contribution in [0, 0.1) is 0 Å². The van der Waals surface area contributed by atoms with Crippen molar-refractivity contribution in [2.45, 2.75) is 30.9 Å². The van der Waals surface area contributed by atoms with Gasteiger partial charge in [-0.3, -0.25) is 4.55 Å². The normalized spacial score (nSPS) is 12.3. The molecular formula is C21H36ClNO6S3. The lowest BCUT2D eigenvalue weighted by Crippen LogP contribution is -2.38. The summed E-state index contributed by atoms with van der Waals surface area (Å²) in [5, 5.41) is 0. The highest BCUT2D eigenvalue weighted by atomic mass is 35.5. The zero-order valence-electron chi connectivity index (χ0n) is 19.3. The minimum atomic E-state index is -4.03. The van der Waals surface area contributed by atoms with E-state index in [1.807, 2.05) is 18.2 Å². The molecule has 11 heteroatoms. The van der Waals surface area contributed by atoms with Gasteiger partial charge in [-0.2, -0.15) is 8.42 Å². The Hall–Kier alpha value is -0.200. The first kappa shape index (κ1) is 29.8. The van der Waals surface area contributed by atoms with Crippen molar-refractivity contribution in [2.24, 2.45) is 0 Å². The summed E-state index contributed by atoms with van der Waals surface area (Å²) < 4.78 is 47.6. The van der Waals surface area contributed by atoms with Crippen LogP contribution >= 0.6 is 33.2 Å². The summed E-state index contributed by atoms with van der Waals surface area (Å²) in [6, 6.07) is 5.88. The van der Waals surface area contributed by atoms with Crippen LogP contribution in [0.5, 0.6) is 0 Å². The standard InChI is InChI=1S/C21H36ClNO6S3/c1-21(2,31-30-4)17-23(6-7-28-10-11-29-9-8-27-3)20-14-18(5-12-32(24,25)26)13-19(15-20)16-22/h13-15H,5-12,16-17H2,1-4H3,(H,24,25,26). The van der Waals surface area contributed by atoms with Crippen LogP contribution in [0.3, 0.4) is 0 Å². The molecule has 0 atom stereocenters. The third-order valence-corrected chi connectivity index (χ3v) is 8.02. The molecule has 0 amide bonds. The Labute approximate surface area is 206 Å². The number of benzene rings is 1. The van der Waals surface area contributed by atoms with E-state index < -0.39 is 10.1 Å². The highest BCUT2D eigenvalue weighted by molar-refractivity contribution is 8.77. The predicted octanol–water partition coefficient (Wildman–Crippen LogP) is 4.13. The van der Waals surface area contributed by atoms with Gasteiger partial charge in [0.05, 0.1) is 38.8 Å². The number of halogens is 1. The van der Waals surface area contributed by atoms with E-state index >= 15 is 0 Å². The molecule has 1 aromatic carbocycles. The molecule has 1 rings (SSSR count). The largest absolute Gasteiger partial charge is 0.382 e. The number of ether oxygens (including phenoxy) is 3. The van der Waals surface area contributed by atoms with Gasteiger partial charge in [-0.1, -0.05) is 27.7 Å². The van der Waals surface area contributed by atoms with Crippen molar-refractivity contribution in [2.75, 3.05) is 70.1 Å². The zero-order valence-corrected chi connectivity index (χ0v) is 22.5. The van der Waals surface area contributed by atoms with Gasteiger partial charge in [-0.25, -0.2) is 0 Å². The maximum Gasteiger partial charge on any atom is 0.265 e. The second-order valence-electron chi connectivity index (χ2n) is 7.83. The zero-order chi connectivity index (χ0) is 24.0. The first-order chi connectivity index (χ1) is 15.1. The Balaban J connectivity index is 2.90. The molecule has 0 saturated carbocycles. The van der Waals surface area contributed by atoms with E-state index in [1.165, 1.54) is 0 Å². The molecule has 0 spiro atoms. The fraction of sp³-hybridized carbons (Fsp3) is 0.714. The molecule has 186 valence electrons. The molecule has 0 bridgehead atoms. The van der Waals surface area contributed by atoms with Gasteiger partial charge in [0.1, 0.15) is 0 Å². The first-order valence-corrected chi connectivity index (χ1v) is 15.1. The van der Waals surface area contributed by atoms with Gasteiger partial charge in [-0.05, 0) is 49.8 Å². The van der Waals surface area contributed by atoms with E-state index in [-0.39, 0.29) is 16.9 Å². The minimum Gasteiger partial charge on any atom is -0.382 e. The van der Waals surface area contributed by atoms with Crippen molar-refractivity contribution < 1.29 is 27.2 Å². The molecule has 0 aromatic heterocycles. The summed E-state index contributed by atoms with van der Waals surface area (Å²) in [4.78, 5) is 2.24. The summed E-state index contributed by atoms with van der Waals surface area (Å²) in [6.07, 6.45) is 2.29. The fourth-order valence-electron chi connectivity index (χ4n) is 3.04. The topological polar surface area (TPSA) is 85.3 Å². The van der Waals surface area contributed by atoms with Gasteiger partial charge in [0.25, 0.3) is 10.1 Å². The summed E-state index contributed by atoms with van der Waals surface area (Å²) >= 11 is 6.11. The molecule has 0 fully saturated rings. The quantitative estimate of drug-likeness (QED) is 0.130. The molecule has 0 aliphatic carbocycles. The van der Waals surface area contributed by atoms with Crippen molar-refractivity contribution in [3.05, 3.63) is 29.3 Å². The first-order valence-electron chi connectivity index (χ1n) is 10.4. The number of hydrogen-bond donors (Lipinski definition) is 1. The molecule has 32 heavy (non-hydrogen) atoms. The van der Waals surface area contributed by atoms with Crippen molar-refractivity contribution in [1.82, 2.24) is 0 Å². The Kier molecular flexibility index (Phi) is 14.6. The van der Waals surface area contributed by atoms with Gasteiger partial charge in [0, 0.05) is 36.5 Å². The smallest absolute Gasteiger partial charge is 0.265 e. The lowest BCUT2D eigenvalue weighted by Gasteiger charge is -2.34. The van der Waals surface area contributed by atoms with Crippen molar-refractivity contribution in [3.63, 3.8) is 0 Å². The highest BCUT2D eigenvalue weighted by Crippen LogP contribution is 2.35. The van der Waals surface area contributed by atoms with Gasteiger partial charge < -0.3 is 19.1 Å². The third-order valence-electron chi connectivity index (χ3n) is 4.40. The van der Waals surface area contributed by atoms with E-state index in [0.717, 1.165) is 23.4 Å². The molecule has 0 unspecified atom stereocenters. The molecule has 1 N–H and O–H groups in total. The summed E-state index contributed by atoms with van der Waals surface area (Å²) in [5.74, 6) is -0.00297. The molecule has 0 heterocycles. The van der Waals surface area contributed by atoms with Crippen LogP contribution < -0.4 is 4.90 Å². The summed E-state index contributed by atoms with van der Waals surface area (Å²) in [7, 11) is 1.13. The number of hydrogen-bond acceptors (Lipinski definition) is 8. The fourth-order valence-corrected chi connectivity index (χ4v) is 5.86. The van der Waals surface area contributed by atoms with E-state index in [1.54, 1.807) is 28.7 Å². The SMILES string of the molecule is COCCOCCOCCN(CC(C)(C)SSC)c1cc(CCl)cc(CCS(=O)(=O)O)c1. The number of alkyl halides is 1. The van der Waals surface area contributed by atoms with Gasteiger partial charge in [0.15, 0.2) is 0 Å². The summed E-state index contributed by atoms with van der Waals surface area (Å²) in [5.41, 5.74) is 2.69. The number of anilines is 1. The molecule has 0 aliphatic rings. The number of rotatable bonds is 18. The Morgan fingerprint density at radius 1 is 1.06 bits per heavy atom. The average Bonchev–Trinajstić information content (AvgIpc) is 2.72. The van der Waals surface area contributed by atoms with Crippen LogP contribution in [0.2, 0.25) is 0 Å². The lowest BCUT2D eigenvalue weighted by molar-refractivity contribution is 0.0264. The van der Waals surface area contributed by atoms with Crippen molar-refractivity contribution in [3.8, 4) is 0 Å². The van der Waals surface area contributed by atoms with Crippen LogP contribution in [-0.4, -0.2) is 83.0 Å². The molecule has 7 nitrogen and oxygen atoms in total. The maximum atomic E-state index is 11.2. The molecule has 0 radical (unpaired) electrons. The number of aryl methyl sites for hydroxylation is 1. The van der Waals surface area contributed by atoms with Crippen LogP contribution in [0.25, 0.3) is 0 Å². The number of nitrogens with zero attached hydrogens (tertiary/aromatic N) is 1. The Morgan fingerprint density at radius 3 is 2.28 bits per heavy atom. The average molecular weight is 530 g/mol. The second kappa shape index (κ2) is 15.7. The van der Waals surface area contributed by atoms with Crippen molar-refractivity contribution in [1.29, 1.82) is 0 Å². The van der Waals surface area contributed by atoms with Crippen LogP contribution in [0.1, 0.15) is 25.0 Å². The second-order valence-corrected chi connectivity index (χ2v) is 12.8. The minimum absolute atomic E-state index is 0.0196. The van der Waals surface area contributed by atoms with Gasteiger partial charge in [0.2, 0.25) is 0 Å². The van der Waals surface area contributed by atoms with Crippen molar-refractivity contribution >= 4 is 49.0 Å². The van der Waals surface area contributed by atoms with E-state index in [0.29, 0.717) is 45.5 Å². The predicted molar refractivity (Wildman–Crippen MR) is 137 cm³/mol.